The lowest BCUT2D eigenvalue weighted by atomic mass is 9.98. The lowest BCUT2D eigenvalue weighted by Gasteiger charge is -2.16. The van der Waals surface area contributed by atoms with Crippen LogP contribution < -0.4 is 10.6 Å². The molecule has 2 N–H and O–H groups in total. The summed E-state index contributed by atoms with van der Waals surface area (Å²) in [7, 11) is 0. The molecule has 2 aromatic carbocycles. The van der Waals surface area contributed by atoms with Crippen molar-refractivity contribution >= 4 is 11.6 Å². The summed E-state index contributed by atoms with van der Waals surface area (Å²) in [5, 5.41) is 15.4. The molecule has 0 aliphatic carbocycles. The van der Waals surface area contributed by atoms with E-state index < -0.39 is 5.91 Å². The third-order valence-electron chi connectivity index (χ3n) is 4.31. The Hall–Kier alpha value is -3.06. The average molecular weight is 347 g/mol. The van der Waals surface area contributed by atoms with Gasteiger partial charge in [0, 0.05) is 17.9 Å². The van der Waals surface area contributed by atoms with Crippen molar-refractivity contribution in [3.8, 4) is 6.07 Å². The molecule has 134 valence electrons. The van der Waals surface area contributed by atoms with Gasteiger partial charge in [-0.3, -0.25) is 4.79 Å². The van der Waals surface area contributed by atoms with E-state index in [2.05, 4.69) is 24.5 Å². The number of carbonyl (C=O) groups excluding carboxylic acids is 1. The molecule has 0 saturated carbocycles. The third kappa shape index (κ3) is 4.73. The minimum atomic E-state index is -0.406. The first-order valence-electron chi connectivity index (χ1n) is 8.76. The minimum absolute atomic E-state index is 0.00274. The highest BCUT2D eigenvalue weighted by molar-refractivity contribution is 6.07. The summed E-state index contributed by atoms with van der Waals surface area (Å²) in [5.74, 6) is -0.132. The molecule has 0 spiro atoms. The number of aryl methyl sites for hydroxylation is 1. The number of anilines is 1. The number of amides is 1. The zero-order valence-corrected chi connectivity index (χ0v) is 15.7. The summed E-state index contributed by atoms with van der Waals surface area (Å²) in [6.45, 7) is 8.09. The van der Waals surface area contributed by atoms with Gasteiger partial charge in [-0.1, -0.05) is 62.4 Å². The molecule has 0 aromatic heterocycles. The van der Waals surface area contributed by atoms with Crippen LogP contribution in [0.2, 0.25) is 0 Å². The maximum absolute atomic E-state index is 12.6. The second-order valence-corrected chi connectivity index (χ2v) is 6.62. The number of para-hydroxylation sites is 1. The number of nitrogens with zero attached hydrogens (tertiary/aromatic N) is 1. The van der Waals surface area contributed by atoms with Crippen LogP contribution in [0.4, 0.5) is 5.69 Å². The smallest absolute Gasteiger partial charge is 0.267 e. The highest BCUT2D eigenvalue weighted by Gasteiger charge is 2.15. The molecule has 0 saturated heterocycles. The van der Waals surface area contributed by atoms with E-state index in [9.17, 15) is 10.1 Å². The van der Waals surface area contributed by atoms with E-state index in [1.807, 2.05) is 68.4 Å². The highest BCUT2D eigenvalue weighted by atomic mass is 16.1. The molecule has 2 aromatic rings. The summed E-state index contributed by atoms with van der Waals surface area (Å²) in [6, 6.07) is 17.8. The molecule has 4 heteroatoms. The van der Waals surface area contributed by atoms with Crippen molar-refractivity contribution in [3.05, 3.63) is 77.0 Å². The predicted octanol–water partition coefficient (Wildman–Crippen LogP) is 4.82. The molecule has 4 nitrogen and oxygen atoms in total. The molecule has 0 aliphatic rings. The Labute approximate surface area is 155 Å². The van der Waals surface area contributed by atoms with Gasteiger partial charge in [-0.15, -0.1) is 0 Å². The van der Waals surface area contributed by atoms with Gasteiger partial charge in [-0.2, -0.15) is 5.26 Å². The lowest BCUT2D eigenvalue weighted by molar-refractivity contribution is -0.112. The molecule has 1 unspecified atom stereocenters. The molecule has 0 bridgehead atoms. The lowest BCUT2D eigenvalue weighted by Crippen LogP contribution is -2.19. The number of nitrogens with one attached hydrogen (secondary N) is 2. The fourth-order valence-electron chi connectivity index (χ4n) is 2.72. The third-order valence-corrected chi connectivity index (χ3v) is 4.31. The standard InChI is InChI=1S/C22H25N3O/c1-15(2)20-12-8-9-16(3)21(20)25-22(26)19(13-23)14-24-17(4)18-10-6-5-7-11-18/h5-12,14-15,17,24H,1-4H3,(H,25,26)/b19-14-. The average Bonchev–Trinajstić information content (AvgIpc) is 2.64. The number of carbonyl (C=O) groups is 1. The van der Waals surface area contributed by atoms with Crippen molar-refractivity contribution in [2.24, 2.45) is 0 Å². The van der Waals surface area contributed by atoms with Crippen LogP contribution in [0.1, 0.15) is 49.4 Å². The fourth-order valence-corrected chi connectivity index (χ4v) is 2.72. The van der Waals surface area contributed by atoms with Crippen LogP contribution in [0.3, 0.4) is 0 Å². The van der Waals surface area contributed by atoms with Gasteiger partial charge in [0.1, 0.15) is 11.6 Å². The van der Waals surface area contributed by atoms with Crippen molar-refractivity contribution in [2.75, 3.05) is 5.32 Å². The molecule has 0 radical (unpaired) electrons. The van der Waals surface area contributed by atoms with E-state index in [4.69, 9.17) is 0 Å². The van der Waals surface area contributed by atoms with Gasteiger partial charge in [0.2, 0.25) is 0 Å². The van der Waals surface area contributed by atoms with Crippen molar-refractivity contribution < 1.29 is 4.79 Å². The van der Waals surface area contributed by atoms with Gasteiger partial charge in [0.15, 0.2) is 0 Å². The Morgan fingerprint density at radius 2 is 1.77 bits per heavy atom. The van der Waals surface area contributed by atoms with Gasteiger partial charge in [0.05, 0.1) is 0 Å². The van der Waals surface area contributed by atoms with Crippen molar-refractivity contribution in [1.29, 1.82) is 5.26 Å². The molecule has 1 amide bonds. The van der Waals surface area contributed by atoms with Gasteiger partial charge >= 0.3 is 0 Å². The summed E-state index contributed by atoms with van der Waals surface area (Å²) in [6.07, 6.45) is 1.49. The van der Waals surface area contributed by atoms with Crippen LogP contribution in [0.25, 0.3) is 0 Å². The van der Waals surface area contributed by atoms with Crippen LogP contribution >= 0.6 is 0 Å². The maximum atomic E-state index is 12.6. The van der Waals surface area contributed by atoms with Gasteiger partial charge < -0.3 is 10.6 Å². The van der Waals surface area contributed by atoms with E-state index >= 15 is 0 Å². The Kier molecular flexibility index (Phi) is 6.57. The Bertz CT molecular complexity index is 832. The Balaban J connectivity index is 2.16. The number of rotatable bonds is 6. The predicted molar refractivity (Wildman–Crippen MR) is 106 cm³/mol. The Morgan fingerprint density at radius 1 is 1.08 bits per heavy atom. The molecule has 26 heavy (non-hydrogen) atoms. The fraction of sp³-hybridized carbons (Fsp3) is 0.273. The van der Waals surface area contributed by atoms with Gasteiger partial charge in [0.25, 0.3) is 5.91 Å². The van der Waals surface area contributed by atoms with Crippen molar-refractivity contribution in [1.82, 2.24) is 5.32 Å². The first-order valence-corrected chi connectivity index (χ1v) is 8.76. The summed E-state index contributed by atoms with van der Waals surface area (Å²) >= 11 is 0. The summed E-state index contributed by atoms with van der Waals surface area (Å²) < 4.78 is 0. The van der Waals surface area contributed by atoms with Crippen LogP contribution in [0.5, 0.6) is 0 Å². The first kappa shape index (κ1) is 19.3. The monoisotopic (exact) mass is 347 g/mol. The minimum Gasteiger partial charge on any atom is -0.383 e. The molecular formula is C22H25N3O. The summed E-state index contributed by atoms with van der Waals surface area (Å²) in [4.78, 5) is 12.6. The molecule has 0 fully saturated rings. The molecule has 1 atom stereocenters. The molecule has 0 heterocycles. The topological polar surface area (TPSA) is 64.9 Å². The van der Waals surface area contributed by atoms with Crippen LogP contribution in [0.15, 0.2) is 60.3 Å². The second-order valence-electron chi connectivity index (χ2n) is 6.62. The Morgan fingerprint density at radius 3 is 2.38 bits per heavy atom. The number of hydrogen-bond donors (Lipinski definition) is 2. The van der Waals surface area contributed by atoms with E-state index in [1.54, 1.807) is 0 Å². The van der Waals surface area contributed by atoms with Crippen LogP contribution in [-0.2, 0) is 4.79 Å². The van der Waals surface area contributed by atoms with Crippen molar-refractivity contribution in [2.45, 2.75) is 39.7 Å². The van der Waals surface area contributed by atoms with E-state index in [1.165, 1.54) is 6.20 Å². The zero-order valence-electron chi connectivity index (χ0n) is 15.7. The molecule has 0 aliphatic heterocycles. The summed E-state index contributed by atoms with van der Waals surface area (Å²) in [5.41, 5.74) is 3.95. The maximum Gasteiger partial charge on any atom is 0.267 e. The van der Waals surface area contributed by atoms with Crippen LogP contribution in [-0.4, -0.2) is 5.91 Å². The quantitative estimate of drug-likeness (QED) is 0.582. The van der Waals surface area contributed by atoms with Crippen LogP contribution in [0, 0.1) is 18.3 Å². The SMILES string of the molecule is Cc1cccc(C(C)C)c1NC(=O)/C(C#N)=C\NC(C)c1ccccc1. The van der Waals surface area contributed by atoms with Gasteiger partial charge in [-0.25, -0.2) is 0 Å². The number of hydrogen-bond acceptors (Lipinski definition) is 3. The zero-order chi connectivity index (χ0) is 19.1. The van der Waals surface area contributed by atoms with Gasteiger partial charge in [-0.05, 0) is 36.5 Å². The van der Waals surface area contributed by atoms with E-state index in [0.29, 0.717) is 0 Å². The normalized spacial score (nSPS) is 12.4. The number of benzene rings is 2. The second kappa shape index (κ2) is 8.87. The van der Waals surface area contributed by atoms with Crippen molar-refractivity contribution in [3.63, 3.8) is 0 Å². The first-order chi connectivity index (χ1) is 12.4. The molecule has 2 rings (SSSR count). The van der Waals surface area contributed by atoms with E-state index in [-0.39, 0.29) is 17.5 Å². The number of nitriles is 1. The molecular weight excluding hydrogens is 322 g/mol. The largest absolute Gasteiger partial charge is 0.383 e. The van der Waals surface area contributed by atoms with E-state index in [0.717, 1.165) is 22.4 Å². The highest BCUT2D eigenvalue weighted by Crippen LogP contribution is 2.27.